The van der Waals surface area contributed by atoms with Crippen LogP contribution in [0.4, 0.5) is 49.6 Å². The number of nitrogens with zero attached hydrogens (tertiary/aromatic N) is 2. The molecule has 0 saturated carbocycles. The molecule has 1 heterocycles. The molecule has 4 rings (SSSR count). The predicted octanol–water partition coefficient (Wildman–Crippen LogP) is 6.26. The lowest BCUT2D eigenvalue weighted by molar-refractivity contribution is 0.123. The average molecular weight is 522 g/mol. The molecule has 3 aromatic rings. The molecule has 1 aliphatic rings. The molecule has 0 fully saturated rings. The highest BCUT2D eigenvalue weighted by Crippen LogP contribution is 2.30. The monoisotopic (exact) mass is 522 g/mol. The van der Waals surface area contributed by atoms with E-state index in [0.717, 1.165) is 0 Å². The first kappa shape index (κ1) is 25.0. The van der Waals surface area contributed by atoms with Gasteiger partial charge in [0.1, 0.15) is 13.2 Å². The summed E-state index contributed by atoms with van der Waals surface area (Å²) >= 11 is 0. The van der Waals surface area contributed by atoms with Crippen molar-refractivity contribution >= 4 is 17.3 Å². The Kier molecular flexibility index (Phi) is 6.61. The van der Waals surface area contributed by atoms with E-state index in [9.17, 15) is 43.9 Å². The first-order chi connectivity index (χ1) is 17.0. The second-order valence-corrected chi connectivity index (χ2v) is 7.03. The normalized spacial score (nSPS) is 13.7. The maximum absolute atomic E-state index is 13.9. The summed E-state index contributed by atoms with van der Waals surface area (Å²) in [7, 11) is 0. The number of hydrogen-bond donors (Lipinski definition) is 0. The molecular formula is C22H8F10N2O2. The molecule has 0 unspecified atom stereocenters. The highest BCUT2D eigenvalue weighted by Gasteiger charge is 2.30. The third-order valence-corrected chi connectivity index (χ3v) is 4.90. The summed E-state index contributed by atoms with van der Waals surface area (Å²) in [5, 5.41) is 3.50. The van der Waals surface area contributed by atoms with Crippen molar-refractivity contribution in [3.05, 3.63) is 99.1 Å². The zero-order valence-electron chi connectivity index (χ0n) is 17.2. The molecule has 0 aromatic heterocycles. The van der Waals surface area contributed by atoms with Gasteiger partial charge in [-0.15, -0.1) is 0 Å². The van der Waals surface area contributed by atoms with E-state index in [2.05, 4.69) is 10.1 Å². The van der Waals surface area contributed by atoms with Gasteiger partial charge in [0.05, 0.1) is 16.8 Å². The molecule has 14 heteroatoms. The van der Waals surface area contributed by atoms with Gasteiger partial charge in [0.15, 0.2) is 52.2 Å². The highest BCUT2D eigenvalue weighted by molar-refractivity contribution is 6.49. The summed E-state index contributed by atoms with van der Waals surface area (Å²) in [6, 6.07) is 5.77. The number of halogens is 10. The number of fused-ring (bicyclic) bond motifs is 1. The molecule has 4 nitrogen and oxygen atoms in total. The second-order valence-electron chi connectivity index (χ2n) is 7.03. The molecule has 0 N–H and O–H groups in total. The van der Waals surface area contributed by atoms with Crippen LogP contribution < -0.4 is 0 Å². The van der Waals surface area contributed by atoms with Crippen LogP contribution in [0, 0.1) is 58.2 Å². The van der Waals surface area contributed by atoms with Gasteiger partial charge in [0.2, 0.25) is 17.5 Å². The number of para-hydroxylation sites is 1. The first-order valence-electron chi connectivity index (χ1n) is 9.56. The van der Waals surface area contributed by atoms with Crippen LogP contribution in [0.25, 0.3) is 0 Å². The third-order valence-electron chi connectivity index (χ3n) is 4.90. The third kappa shape index (κ3) is 4.12. The molecule has 0 radical (unpaired) electrons. The molecule has 0 aliphatic carbocycles. The molecule has 0 bridgehead atoms. The lowest BCUT2D eigenvalue weighted by Gasteiger charge is -2.11. The van der Waals surface area contributed by atoms with Gasteiger partial charge < -0.3 is 9.57 Å². The Morgan fingerprint density at radius 3 is 1.56 bits per heavy atom. The lowest BCUT2D eigenvalue weighted by Crippen LogP contribution is -2.18. The molecule has 1 aliphatic heterocycles. The smallest absolute Gasteiger partial charge is 0.245 e. The van der Waals surface area contributed by atoms with Gasteiger partial charge in [-0.1, -0.05) is 23.4 Å². The van der Waals surface area contributed by atoms with Crippen molar-refractivity contribution in [2.75, 3.05) is 0 Å². The standard InChI is InChI=1S/C22H8F10N2O2/c23-11-8(12(24)16(28)19(31)15(11)27)5-35-22-21(7-3-1-2-4-10(7)33-22)34-36-6-9-13(25)17(29)20(32)18(30)14(9)26/h1-4H,5-6H2/b34-21-. The first-order valence-corrected chi connectivity index (χ1v) is 9.56. The van der Waals surface area contributed by atoms with Crippen molar-refractivity contribution in [2.45, 2.75) is 13.2 Å². The SMILES string of the molecule is Fc1c(F)c(F)c(CO/N=C2\C(OCc3c(F)c(F)c(F)c(F)c3F)=Nc3ccccc32)c(F)c1F. The van der Waals surface area contributed by atoms with E-state index < -0.39 is 88.4 Å². The summed E-state index contributed by atoms with van der Waals surface area (Å²) in [5.74, 6) is -22.7. The topological polar surface area (TPSA) is 43.2 Å². The van der Waals surface area contributed by atoms with E-state index in [4.69, 9.17) is 9.57 Å². The van der Waals surface area contributed by atoms with E-state index in [1.54, 1.807) is 0 Å². The molecule has 0 atom stereocenters. The zero-order valence-corrected chi connectivity index (χ0v) is 17.2. The Bertz CT molecular complexity index is 1400. The Balaban J connectivity index is 1.62. The predicted molar refractivity (Wildman–Crippen MR) is 102 cm³/mol. The fourth-order valence-electron chi connectivity index (χ4n) is 3.09. The minimum Gasteiger partial charge on any atom is -0.471 e. The number of rotatable bonds is 5. The number of oxime groups is 1. The quantitative estimate of drug-likeness (QED) is 0.172. The molecule has 3 aromatic carbocycles. The van der Waals surface area contributed by atoms with Gasteiger partial charge in [-0.3, -0.25) is 0 Å². The van der Waals surface area contributed by atoms with Crippen molar-refractivity contribution < 1.29 is 53.5 Å². The Hall–Kier alpha value is -4.10. The van der Waals surface area contributed by atoms with E-state index in [-0.39, 0.29) is 17.0 Å². The van der Waals surface area contributed by atoms with Crippen LogP contribution in [0.2, 0.25) is 0 Å². The van der Waals surface area contributed by atoms with Crippen LogP contribution in [0.1, 0.15) is 16.7 Å². The van der Waals surface area contributed by atoms with Gasteiger partial charge in [0.25, 0.3) is 0 Å². The number of benzene rings is 3. The van der Waals surface area contributed by atoms with Gasteiger partial charge in [-0.05, 0) is 6.07 Å². The summed E-state index contributed by atoms with van der Waals surface area (Å²) < 4.78 is 141. The van der Waals surface area contributed by atoms with E-state index >= 15 is 0 Å². The fraction of sp³-hybridized carbons (Fsp3) is 0.0909. The van der Waals surface area contributed by atoms with Crippen molar-refractivity contribution in [1.29, 1.82) is 0 Å². The highest BCUT2D eigenvalue weighted by atomic mass is 19.2. The lowest BCUT2D eigenvalue weighted by atomic mass is 10.1. The van der Waals surface area contributed by atoms with E-state index in [1.807, 2.05) is 0 Å². The maximum Gasteiger partial charge on any atom is 0.245 e. The Labute approximate surface area is 194 Å². The molecule has 36 heavy (non-hydrogen) atoms. The molecule has 0 amide bonds. The number of ether oxygens (including phenoxy) is 1. The average Bonchev–Trinajstić information content (AvgIpc) is 3.23. The van der Waals surface area contributed by atoms with Gasteiger partial charge in [-0.25, -0.2) is 48.9 Å². The van der Waals surface area contributed by atoms with Crippen molar-refractivity contribution in [3.8, 4) is 0 Å². The maximum atomic E-state index is 13.9. The Morgan fingerprint density at radius 1 is 0.583 bits per heavy atom. The van der Waals surface area contributed by atoms with Crippen LogP contribution in [0.15, 0.2) is 34.4 Å². The molecular weight excluding hydrogens is 514 g/mol. The second kappa shape index (κ2) is 9.51. The molecule has 0 spiro atoms. The van der Waals surface area contributed by atoms with Crippen LogP contribution in [0.3, 0.4) is 0 Å². The summed E-state index contributed by atoms with van der Waals surface area (Å²) in [6.45, 7) is -2.46. The van der Waals surface area contributed by atoms with Crippen LogP contribution in [-0.2, 0) is 22.8 Å². The summed E-state index contributed by atoms with van der Waals surface area (Å²) in [5.41, 5.74) is -2.75. The summed E-state index contributed by atoms with van der Waals surface area (Å²) in [4.78, 5) is 8.66. The van der Waals surface area contributed by atoms with Gasteiger partial charge in [0, 0.05) is 5.56 Å². The fourth-order valence-corrected chi connectivity index (χ4v) is 3.09. The van der Waals surface area contributed by atoms with Crippen LogP contribution >= 0.6 is 0 Å². The summed E-state index contributed by atoms with van der Waals surface area (Å²) in [6.07, 6.45) is 0. The minimum atomic E-state index is -2.37. The number of hydrogen-bond acceptors (Lipinski definition) is 4. The van der Waals surface area contributed by atoms with Crippen molar-refractivity contribution in [2.24, 2.45) is 10.1 Å². The van der Waals surface area contributed by atoms with Crippen LogP contribution in [0.5, 0.6) is 0 Å². The minimum absolute atomic E-state index is 0.141. The van der Waals surface area contributed by atoms with Gasteiger partial charge >= 0.3 is 0 Å². The number of aliphatic imine (C=N–C) groups is 1. The zero-order chi connectivity index (χ0) is 26.3. The van der Waals surface area contributed by atoms with E-state index in [1.165, 1.54) is 24.3 Å². The molecule has 188 valence electrons. The van der Waals surface area contributed by atoms with E-state index in [0.29, 0.717) is 0 Å². The van der Waals surface area contributed by atoms with Crippen LogP contribution in [-0.4, -0.2) is 11.6 Å². The molecule has 0 saturated heterocycles. The van der Waals surface area contributed by atoms with Crippen molar-refractivity contribution in [1.82, 2.24) is 0 Å². The Morgan fingerprint density at radius 2 is 1.03 bits per heavy atom. The van der Waals surface area contributed by atoms with Gasteiger partial charge in [-0.2, -0.15) is 0 Å². The largest absolute Gasteiger partial charge is 0.471 e. The van der Waals surface area contributed by atoms with Crippen molar-refractivity contribution in [3.63, 3.8) is 0 Å².